The molecule has 184 valence electrons. The molecule has 0 fully saturated rings. The van der Waals surface area contributed by atoms with Crippen molar-refractivity contribution >= 4 is 52.4 Å². The molecule has 0 unspecified atom stereocenters. The van der Waals surface area contributed by atoms with Gasteiger partial charge in [0.05, 0.1) is 16.3 Å². The number of hydrogen-bond acceptors (Lipinski definition) is 5. The van der Waals surface area contributed by atoms with Gasteiger partial charge in [-0.1, -0.05) is 73.8 Å². The van der Waals surface area contributed by atoms with Crippen LogP contribution in [0.2, 0.25) is 5.02 Å². The molecule has 6 nitrogen and oxygen atoms in total. The summed E-state index contributed by atoms with van der Waals surface area (Å²) < 4.78 is 5.70. The van der Waals surface area contributed by atoms with Gasteiger partial charge in [-0.3, -0.25) is 9.59 Å². The molecule has 0 saturated heterocycles. The molecule has 8 heteroatoms. The first-order chi connectivity index (χ1) is 17.0. The molecule has 1 aliphatic heterocycles. The summed E-state index contributed by atoms with van der Waals surface area (Å²) in [6, 6.07) is 18.5. The number of rotatable bonds is 5. The van der Waals surface area contributed by atoms with Crippen LogP contribution in [0.5, 0.6) is 5.75 Å². The Morgan fingerprint density at radius 3 is 2.22 bits per heavy atom. The maximum absolute atomic E-state index is 13.0. The second kappa shape index (κ2) is 9.80. The Morgan fingerprint density at radius 2 is 1.58 bits per heavy atom. The Hall–Kier alpha value is -3.61. The van der Waals surface area contributed by atoms with Crippen molar-refractivity contribution in [3.05, 3.63) is 99.2 Å². The smallest absolute Gasteiger partial charge is 0.343 e. The van der Waals surface area contributed by atoms with Crippen LogP contribution in [0.3, 0.4) is 0 Å². The van der Waals surface area contributed by atoms with E-state index in [1.165, 1.54) is 0 Å². The van der Waals surface area contributed by atoms with Crippen molar-refractivity contribution in [1.82, 2.24) is 0 Å². The minimum atomic E-state index is -0.676. The van der Waals surface area contributed by atoms with Crippen LogP contribution >= 0.6 is 23.2 Å². The highest BCUT2D eigenvalue weighted by Gasteiger charge is 2.39. The summed E-state index contributed by atoms with van der Waals surface area (Å²) >= 11 is 12.4. The minimum Gasteiger partial charge on any atom is -0.423 e. The van der Waals surface area contributed by atoms with Crippen molar-refractivity contribution in [1.29, 1.82) is 0 Å². The van der Waals surface area contributed by atoms with Gasteiger partial charge >= 0.3 is 5.97 Å². The van der Waals surface area contributed by atoms with Crippen LogP contribution in [0.1, 0.15) is 42.3 Å². The average Bonchev–Trinajstić information content (AvgIpc) is 3.03. The lowest BCUT2D eigenvalue weighted by atomic mass is 9.85. The van der Waals surface area contributed by atoms with E-state index in [0.29, 0.717) is 17.0 Å². The molecular formula is C28H24Cl2N2O4. The molecule has 3 aromatic carbocycles. The molecule has 2 amide bonds. The summed E-state index contributed by atoms with van der Waals surface area (Å²) in [6.07, 6.45) is 0. The average molecular weight is 523 g/mol. The van der Waals surface area contributed by atoms with E-state index in [-0.39, 0.29) is 26.9 Å². The van der Waals surface area contributed by atoms with Gasteiger partial charge in [-0.25, -0.2) is 9.69 Å². The molecule has 0 aliphatic carbocycles. The van der Waals surface area contributed by atoms with Crippen LogP contribution in [0.25, 0.3) is 0 Å². The second-order valence-corrected chi connectivity index (χ2v) is 10.2. The van der Waals surface area contributed by atoms with Crippen molar-refractivity contribution in [2.75, 3.05) is 10.2 Å². The lowest BCUT2D eigenvalue weighted by molar-refractivity contribution is -0.120. The third-order valence-electron chi connectivity index (χ3n) is 5.66. The fourth-order valence-electron chi connectivity index (χ4n) is 3.77. The molecule has 0 atom stereocenters. The van der Waals surface area contributed by atoms with Crippen LogP contribution in [0, 0.1) is 6.92 Å². The molecule has 0 saturated carbocycles. The topological polar surface area (TPSA) is 75.7 Å². The van der Waals surface area contributed by atoms with E-state index >= 15 is 0 Å². The van der Waals surface area contributed by atoms with Crippen LogP contribution < -0.4 is 15.0 Å². The molecule has 1 N–H and O–H groups in total. The zero-order valence-electron chi connectivity index (χ0n) is 20.2. The van der Waals surface area contributed by atoms with E-state index in [2.05, 4.69) is 26.1 Å². The van der Waals surface area contributed by atoms with Gasteiger partial charge < -0.3 is 10.1 Å². The number of halogens is 2. The highest BCUT2D eigenvalue weighted by atomic mass is 35.5. The van der Waals surface area contributed by atoms with Crippen molar-refractivity contribution < 1.29 is 19.1 Å². The zero-order chi connectivity index (χ0) is 26.2. The molecule has 0 aromatic heterocycles. The molecule has 36 heavy (non-hydrogen) atoms. The van der Waals surface area contributed by atoms with Gasteiger partial charge in [-0.15, -0.1) is 0 Å². The number of nitrogens with one attached hydrogen (secondary N) is 1. The number of benzene rings is 3. The Balaban J connectivity index is 1.51. The monoisotopic (exact) mass is 522 g/mol. The SMILES string of the molecule is Cc1ccc(OC(=O)c2ccc(NC3=C(Cl)C(=O)N(c4ccccc4Cl)C3=O)cc2)c(C(C)(C)C)c1. The van der Waals surface area contributed by atoms with Crippen LogP contribution in [-0.2, 0) is 15.0 Å². The van der Waals surface area contributed by atoms with Gasteiger partial charge in [-0.05, 0) is 54.8 Å². The Morgan fingerprint density at radius 1 is 0.917 bits per heavy atom. The summed E-state index contributed by atoms with van der Waals surface area (Å²) in [5, 5.41) is 2.88. The van der Waals surface area contributed by atoms with E-state index in [1.54, 1.807) is 54.6 Å². The highest BCUT2D eigenvalue weighted by molar-refractivity contribution is 6.53. The van der Waals surface area contributed by atoms with Crippen molar-refractivity contribution in [3.8, 4) is 5.75 Å². The van der Waals surface area contributed by atoms with E-state index in [0.717, 1.165) is 16.0 Å². The number of amides is 2. The predicted octanol–water partition coefficient (Wildman–Crippen LogP) is 6.60. The number of imide groups is 1. The Bertz CT molecular complexity index is 1410. The summed E-state index contributed by atoms with van der Waals surface area (Å²) in [5.74, 6) is -1.31. The molecule has 1 aliphatic rings. The predicted molar refractivity (Wildman–Crippen MR) is 142 cm³/mol. The standard InChI is InChI=1S/C28H24Cl2N2O4/c1-16-9-14-22(19(15-16)28(2,3)4)36-27(35)17-10-12-18(13-11-17)31-24-23(30)25(33)32(26(24)34)21-8-6-5-7-20(21)29/h5-15,31H,1-4H3. The van der Waals surface area contributed by atoms with E-state index < -0.39 is 17.8 Å². The van der Waals surface area contributed by atoms with Gasteiger partial charge in [0.2, 0.25) is 0 Å². The summed E-state index contributed by atoms with van der Waals surface area (Å²) in [7, 11) is 0. The molecule has 0 radical (unpaired) electrons. The zero-order valence-corrected chi connectivity index (χ0v) is 21.7. The van der Waals surface area contributed by atoms with Crippen LogP contribution in [-0.4, -0.2) is 17.8 Å². The molecule has 0 bridgehead atoms. The van der Waals surface area contributed by atoms with Gasteiger partial charge in [0.25, 0.3) is 11.8 Å². The number of nitrogens with zero attached hydrogens (tertiary/aromatic N) is 1. The number of para-hydroxylation sites is 1. The van der Waals surface area contributed by atoms with Crippen molar-refractivity contribution in [2.45, 2.75) is 33.1 Å². The van der Waals surface area contributed by atoms with E-state index in [1.807, 2.05) is 19.1 Å². The summed E-state index contributed by atoms with van der Waals surface area (Å²) in [6.45, 7) is 8.16. The number of ether oxygens (including phenoxy) is 1. The quantitative estimate of drug-likeness (QED) is 0.232. The third kappa shape index (κ3) is 5.01. The van der Waals surface area contributed by atoms with Gasteiger partial charge in [0, 0.05) is 11.3 Å². The van der Waals surface area contributed by atoms with Crippen molar-refractivity contribution in [3.63, 3.8) is 0 Å². The maximum atomic E-state index is 13.0. The first-order valence-corrected chi connectivity index (χ1v) is 12.0. The van der Waals surface area contributed by atoms with Crippen molar-refractivity contribution in [2.24, 2.45) is 0 Å². The summed E-state index contributed by atoms with van der Waals surface area (Å²) in [5.41, 5.74) is 2.77. The van der Waals surface area contributed by atoms with Crippen LogP contribution in [0.15, 0.2) is 77.5 Å². The molecule has 3 aromatic rings. The molecule has 4 rings (SSSR count). The number of aryl methyl sites for hydroxylation is 1. The number of carbonyl (C=O) groups excluding carboxylic acids is 3. The minimum absolute atomic E-state index is 0.0774. The molecule has 0 spiro atoms. The largest absolute Gasteiger partial charge is 0.423 e. The first-order valence-electron chi connectivity index (χ1n) is 11.2. The van der Waals surface area contributed by atoms with Crippen LogP contribution in [0.4, 0.5) is 11.4 Å². The summed E-state index contributed by atoms with van der Waals surface area (Å²) in [4.78, 5) is 39.4. The third-order valence-corrected chi connectivity index (χ3v) is 6.33. The maximum Gasteiger partial charge on any atom is 0.343 e. The Labute approximate surface area is 219 Å². The lowest BCUT2D eigenvalue weighted by Gasteiger charge is -2.22. The fraction of sp³-hybridized carbons (Fsp3) is 0.179. The normalized spacial score (nSPS) is 13.9. The number of hydrogen-bond donors (Lipinski definition) is 1. The van der Waals surface area contributed by atoms with Gasteiger partial charge in [0.1, 0.15) is 16.5 Å². The first kappa shape index (κ1) is 25.5. The molecular weight excluding hydrogens is 499 g/mol. The highest BCUT2D eigenvalue weighted by Crippen LogP contribution is 2.35. The number of anilines is 2. The lowest BCUT2D eigenvalue weighted by Crippen LogP contribution is -2.32. The second-order valence-electron chi connectivity index (χ2n) is 9.43. The van der Waals surface area contributed by atoms with Gasteiger partial charge in [0.15, 0.2) is 0 Å². The van der Waals surface area contributed by atoms with E-state index in [4.69, 9.17) is 27.9 Å². The van der Waals surface area contributed by atoms with E-state index in [9.17, 15) is 14.4 Å². The Kier molecular flexibility index (Phi) is 6.94. The van der Waals surface area contributed by atoms with Gasteiger partial charge in [-0.2, -0.15) is 0 Å². The number of carbonyl (C=O) groups is 3. The molecule has 1 heterocycles. The fourth-order valence-corrected chi connectivity index (χ4v) is 4.21. The number of esters is 1.